The average Bonchev–Trinajstić information content (AvgIpc) is 2.82. The zero-order valence-corrected chi connectivity index (χ0v) is 13.0. The fourth-order valence-electron chi connectivity index (χ4n) is 4.13. The third-order valence-electron chi connectivity index (χ3n) is 5.15. The van der Waals surface area contributed by atoms with Crippen molar-refractivity contribution in [3.8, 4) is 11.5 Å². The van der Waals surface area contributed by atoms with Crippen LogP contribution in [0.4, 0.5) is 0 Å². The van der Waals surface area contributed by atoms with E-state index in [1.165, 1.54) is 5.56 Å². The summed E-state index contributed by atoms with van der Waals surface area (Å²) >= 11 is 0. The Morgan fingerprint density at radius 1 is 1.24 bits per heavy atom. The number of rotatable bonds is 3. The van der Waals surface area contributed by atoms with E-state index in [4.69, 9.17) is 9.47 Å². The number of ketones is 1. The van der Waals surface area contributed by atoms with Crippen LogP contribution in [-0.2, 0) is 10.2 Å². The average molecular weight is 289 g/mol. The van der Waals surface area contributed by atoms with E-state index in [9.17, 15) is 4.79 Å². The summed E-state index contributed by atoms with van der Waals surface area (Å²) in [5.74, 6) is 2.36. The number of likely N-dealkylation sites (N-methyl/N-ethyl adjacent to an activating group) is 1. The molecule has 4 nitrogen and oxygen atoms in total. The van der Waals surface area contributed by atoms with Crippen LogP contribution in [0.3, 0.4) is 0 Å². The van der Waals surface area contributed by atoms with Crippen LogP contribution in [0.5, 0.6) is 11.5 Å². The van der Waals surface area contributed by atoms with Crippen LogP contribution in [-0.4, -0.2) is 45.0 Å². The molecule has 0 amide bonds. The largest absolute Gasteiger partial charge is 0.493 e. The second-order valence-corrected chi connectivity index (χ2v) is 6.36. The third-order valence-corrected chi connectivity index (χ3v) is 5.15. The molecule has 1 saturated carbocycles. The first-order valence-electron chi connectivity index (χ1n) is 7.52. The number of fused-ring (bicyclic) bond motifs is 1. The topological polar surface area (TPSA) is 38.8 Å². The summed E-state index contributed by atoms with van der Waals surface area (Å²) in [7, 11) is 5.47. The van der Waals surface area contributed by atoms with Gasteiger partial charge in [0.15, 0.2) is 11.5 Å². The summed E-state index contributed by atoms with van der Waals surface area (Å²) < 4.78 is 10.8. The number of benzene rings is 1. The van der Waals surface area contributed by atoms with Crippen molar-refractivity contribution in [1.82, 2.24) is 4.90 Å². The first-order chi connectivity index (χ1) is 10.1. The molecule has 1 saturated heterocycles. The van der Waals surface area contributed by atoms with Gasteiger partial charge in [0.25, 0.3) is 0 Å². The molecule has 1 aliphatic carbocycles. The van der Waals surface area contributed by atoms with E-state index in [0.717, 1.165) is 31.0 Å². The van der Waals surface area contributed by atoms with Gasteiger partial charge in [0.05, 0.1) is 14.2 Å². The van der Waals surface area contributed by atoms with Crippen LogP contribution in [0.15, 0.2) is 18.2 Å². The van der Waals surface area contributed by atoms with E-state index in [2.05, 4.69) is 24.1 Å². The molecule has 1 heterocycles. The molecule has 1 aromatic rings. The normalized spacial score (nSPS) is 29.3. The Bertz CT molecular complexity index is 557. The number of nitrogens with zero attached hydrogens (tertiary/aromatic N) is 1. The highest BCUT2D eigenvalue weighted by molar-refractivity contribution is 5.80. The number of ether oxygens (including phenoxy) is 2. The van der Waals surface area contributed by atoms with E-state index in [-0.39, 0.29) is 5.41 Å². The van der Waals surface area contributed by atoms with Crippen LogP contribution in [0.2, 0.25) is 0 Å². The Morgan fingerprint density at radius 2 is 2.00 bits per heavy atom. The van der Waals surface area contributed by atoms with Crippen LogP contribution in [0, 0.1) is 5.92 Å². The van der Waals surface area contributed by atoms with Crippen molar-refractivity contribution in [2.45, 2.75) is 24.7 Å². The second kappa shape index (κ2) is 5.34. The molecule has 2 atom stereocenters. The number of methoxy groups -OCH3 is 2. The van der Waals surface area contributed by atoms with Gasteiger partial charge in [-0.25, -0.2) is 0 Å². The molecule has 21 heavy (non-hydrogen) atoms. The van der Waals surface area contributed by atoms with Crippen molar-refractivity contribution < 1.29 is 14.3 Å². The summed E-state index contributed by atoms with van der Waals surface area (Å²) in [6.07, 6.45) is 2.34. The van der Waals surface area contributed by atoms with E-state index in [1.54, 1.807) is 14.2 Å². The molecule has 1 aromatic carbocycles. The van der Waals surface area contributed by atoms with E-state index in [0.29, 0.717) is 24.5 Å². The number of carbonyl (C=O) groups is 1. The fourth-order valence-corrected chi connectivity index (χ4v) is 4.13. The SMILES string of the molecule is COc1ccc([C@]23CCC(=O)C[C@@H]2CN(C)C3)cc1OC. The zero-order chi connectivity index (χ0) is 15.0. The second-order valence-electron chi connectivity index (χ2n) is 6.36. The molecule has 0 aromatic heterocycles. The van der Waals surface area contributed by atoms with Gasteiger partial charge in [-0.05, 0) is 37.1 Å². The van der Waals surface area contributed by atoms with Crippen molar-refractivity contribution in [2.75, 3.05) is 34.4 Å². The van der Waals surface area contributed by atoms with Crippen molar-refractivity contribution in [1.29, 1.82) is 0 Å². The predicted molar refractivity (Wildman–Crippen MR) is 81.1 cm³/mol. The Hall–Kier alpha value is -1.55. The molecule has 0 radical (unpaired) electrons. The number of hydrogen-bond donors (Lipinski definition) is 0. The number of likely N-dealkylation sites (tertiary alicyclic amines) is 1. The number of Topliss-reactive ketones (excluding diaryl/α,β-unsaturated/α-hetero) is 1. The standard InChI is InChI=1S/C17H23NO3/c1-18-10-13-8-14(19)6-7-17(13,11-18)12-4-5-15(20-2)16(9-12)21-3/h4-5,9,13H,6-8,10-11H2,1-3H3/t13-,17-/m1/s1. The molecular formula is C17H23NO3. The maximum Gasteiger partial charge on any atom is 0.161 e. The quantitative estimate of drug-likeness (QED) is 0.855. The summed E-state index contributed by atoms with van der Waals surface area (Å²) in [6, 6.07) is 6.22. The molecule has 2 aliphatic rings. The third kappa shape index (κ3) is 2.31. The minimum atomic E-state index is 0.0855. The molecule has 3 rings (SSSR count). The summed E-state index contributed by atoms with van der Waals surface area (Å²) in [4.78, 5) is 14.2. The highest BCUT2D eigenvalue weighted by atomic mass is 16.5. The van der Waals surface area contributed by atoms with Gasteiger partial charge >= 0.3 is 0 Å². The van der Waals surface area contributed by atoms with Gasteiger partial charge < -0.3 is 14.4 Å². The molecule has 2 fully saturated rings. The van der Waals surface area contributed by atoms with Crippen molar-refractivity contribution in [3.63, 3.8) is 0 Å². The minimum absolute atomic E-state index is 0.0855. The maximum atomic E-state index is 11.8. The van der Waals surface area contributed by atoms with E-state index < -0.39 is 0 Å². The zero-order valence-electron chi connectivity index (χ0n) is 13.0. The molecule has 0 N–H and O–H groups in total. The predicted octanol–water partition coefficient (Wildman–Crippen LogP) is 2.26. The van der Waals surface area contributed by atoms with Gasteiger partial charge in [-0.1, -0.05) is 6.07 Å². The van der Waals surface area contributed by atoms with E-state index >= 15 is 0 Å². The van der Waals surface area contributed by atoms with Crippen LogP contribution < -0.4 is 9.47 Å². The van der Waals surface area contributed by atoms with Gasteiger partial charge in [-0.2, -0.15) is 0 Å². The summed E-state index contributed by atoms with van der Waals surface area (Å²) in [5, 5.41) is 0. The van der Waals surface area contributed by atoms with Crippen molar-refractivity contribution in [3.05, 3.63) is 23.8 Å². The van der Waals surface area contributed by atoms with Gasteiger partial charge in [-0.15, -0.1) is 0 Å². The van der Waals surface area contributed by atoms with Crippen LogP contribution in [0.1, 0.15) is 24.8 Å². The number of carbonyl (C=O) groups excluding carboxylic acids is 1. The van der Waals surface area contributed by atoms with Gasteiger partial charge in [0, 0.05) is 31.3 Å². The van der Waals surface area contributed by atoms with Crippen molar-refractivity contribution in [2.24, 2.45) is 5.92 Å². The maximum absolute atomic E-state index is 11.8. The Kier molecular flexibility index (Phi) is 3.66. The first-order valence-corrected chi connectivity index (χ1v) is 7.52. The highest BCUT2D eigenvalue weighted by Gasteiger charge is 2.49. The molecule has 0 unspecified atom stereocenters. The molecular weight excluding hydrogens is 266 g/mol. The lowest BCUT2D eigenvalue weighted by atomic mass is 9.64. The van der Waals surface area contributed by atoms with Gasteiger partial charge in [0.1, 0.15) is 5.78 Å². The first kappa shape index (κ1) is 14.4. The lowest BCUT2D eigenvalue weighted by molar-refractivity contribution is -0.122. The van der Waals surface area contributed by atoms with Crippen LogP contribution >= 0.6 is 0 Å². The Morgan fingerprint density at radius 3 is 2.71 bits per heavy atom. The highest BCUT2D eigenvalue weighted by Crippen LogP contribution is 2.48. The van der Waals surface area contributed by atoms with Crippen molar-refractivity contribution >= 4 is 5.78 Å². The Labute approximate surface area is 126 Å². The van der Waals surface area contributed by atoms with E-state index in [1.807, 2.05) is 6.07 Å². The molecule has 1 aliphatic heterocycles. The van der Waals surface area contributed by atoms with Gasteiger partial charge in [-0.3, -0.25) is 4.79 Å². The number of hydrogen-bond acceptors (Lipinski definition) is 4. The lowest BCUT2D eigenvalue weighted by Crippen LogP contribution is -2.40. The summed E-state index contributed by atoms with van der Waals surface area (Å²) in [5.41, 5.74) is 1.37. The Balaban J connectivity index is 2.02. The smallest absolute Gasteiger partial charge is 0.161 e. The summed E-state index contributed by atoms with van der Waals surface area (Å²) in [6.45, 7) is 2.01. The molecule has 114 valence electrons. The monoisotopic (exact) mass is 289 g/mol. The molecule has 4 heteroatoms. The minimum Gasteiger partial charge on any atom is -0.493 e. The molecule has 0 spiro atoms. The van der Waals surface area contributed by atoms with Gasteiger partial charge in [0.2, 0.25) is 0 Å². The molecule has 0 bridgehead atoms. The lowest BCUT2D eigenvalue weighted by Gasteiger charge is -2.39. The fraction of sp³-hybridized carbons (Fsp3) is 0.588. The van der Waals surface area contributed by atoms with Crippen LogP contribution in [0.25, 0.3) is 0 Å².